The second-order valence-electron chi connectivity index (χ2n) is 5.25. The van der Waals surface area contributed by atoms with Crippen LogP contribution >= 0.6 is 11.8 Å². The zero-order valence-corrected chi connectivity index (χ0v) is 10.3. The van der Waals surface area contributed by atoms with Gasteiger partial charge in [0.25, 0.3) is 0 Å². The van der Waals surface area contributed by atoms with E-state index >= 15 is 0 Å². The molecule has 0 aromatic heterocycles. The van der Waals surface area contributed by atoms with Crippen molar-refractivity contribution >= 4 is 11.8 Å². The lowest BCUT2D eigenvalue weighted by molar-refractivity contribution is 0.215. The molecule has 0 aromatic rings. The van der Waals surface area contributed by atoms with Crippen molar-refractivity contribution in [3.05, 3.63) is 0 Å². The highest BCUT2D eigenvalue weighted by molar-refractivity contribution is 8.01. The Morgan fingerprint density at radius 2 is 2.21 bits per heavy atom. The van der Waals surface area contributed by atoms with Crippen LogP contribution in [0.25, 0.3) is 0 Å². The molecule has 2 atom stereocenters. The lowest BCUT2D eigenvalue weighted by Crippen LogP contribution is -2.57. The van der Waals surface area contributed by atoms with Crippen molar-refractivity contribution in [2.45, 2.75) is 44.0 Å². The third kappa shape index (κ3) is 1.82. The maximum atomic E-state index is 3.87. The van der Waals surface area contributed by atoms with Crippen molar-refractivity contribution in [1.82, 2.24) is 10.6 Å². The van der Waals surface area contributed by atoms with E-state index in [-0.39, 0.29) is 0 Å². The van der Waals surface area contributed by atoms with Crippen LogP contribution < -0.4 is 10.6 Å². The van der Waals surface area contributed by atoms with Gasteiger partial charge in [-0.3, -0.25) is 5.32 Å². The van der Waals surface area contributed by atoms with Gasteiger partial charge in [-0.2, -0.15) is 0 Å². The largest absolute Gasteiger partial charge is 0.316 e. The molecule has 82 valence electrons. The summed E-state index contributed by atoms with van der Waals surface area (Å²) in [6.07, 6.45) is 2.56. The minimum Gasteiger partial charge on any atom is -0.316 e. The minimum atomic E-state index is 0.329. The van der Waals surface area contributed by atoms with Crippen molar-refractivity contribution in [1.29, 1.82) is 0 Å². The Morgan fingerprint density at radius 1 is 1.43 bits per heavy atom. The summed E-state index contributed by atoms with van der Waals surface area (Å²) >= 11 is 2.15. The quantitative estimate of drug-likeness (QED) is 0.696. The van der Waals surface area contributed by atoms with E-state index in [4.69, 9.17) is 0 Å². The van der Waals surface area contributed by atoms with Gasteiger partial charge in [-0.25, -0.2) is 0 Å². The van der Waals surface area contributed by atoms with Gasteiger partial charge in [0, 0.05) is 17.8 Å². The average Bonchev–Trinajstić information content (AvgIpc) is 2.44. The van der Waals surface area contributed by atoms with Crippen LogP contribution in [0.5, 0.6) is 0 Å². The Kier molecular flexibility index (Phi) is 2.84. The normalized spacial score (nSPS) is 41.8. The van der Waals surface area contributed by atoms with Gasteiger partial charge in [-0.15, -0.1) is 11.8 Å². The van der Waals surface area contributed by atoms with E-state index in [1.165, 1.54) is 31.7 Å². The molecule has 2 aliphatic rings. The van der Waals surface area contributed by atoms with Crippen LogP contribution in [0.3, 0.4) is 0 Å². The summed E-state index contributed by atoms with van der Waals surface area (Å²) in [7, 11) is 0. The number of hydrogen-bond acceptors (Lipinski definition) is 3. The lowest BCUT2D eigenvalue weighted by Gasteiger charge is -2.42. The van der Waals surface area contributed by atoms with Gasteiger partial charge in [0.2, 0.25) is 0 Å². The van der Waals surface area contributed by atoms with Crippen LogP contribution in [0.15, 0.2) is 0 Å². The van der Waals surface area contributed by atoms with Crippen molar-refractivity contribution in [3.63, 3.8) is 0 Å². The summed E-state index contributed by atoms with van der Waals surface area (Å²) in [6.45, 7) is 9.32. The highest BCUT2D eigenvalue weighted by Crippen LogP contribution is 2.45. The summed E-state index contributed by atoms with van der Waals surface area (Å²) in [5, 5.41) is 7.38. The van der Waals surface area contributed by atoms with Gasteiger partial charge in [-0.05, 0) is 39.2 Å². The topological polar surface area (TPSA) is 24.1 Å². The van der Waals surface area contributed by atoms with Crippen LogP contribution in [0, 0.1) is 5.92 Å². The standard InChI is InChI=1S/C11H22N2S/c1-4-9-7-12-6-5-11(9)13-10(2,3)8-14-11/h9,12-13H,4-8H2,1-3H3. The van der Waals surface area contributed by atoms with Gasteiger partial charge in [0.15, 0.2) is 0 Å². The Bertz CT molecular complexity index is 217. The number of hydrogen-bond donors (Lipinski definition) is 2. The third-order valence-corrected chi connectivity index (χ3v) is 5.48. The minimum absolute atomic E-state index is 0.329. The molecule has 2 unspecified atom stereocenters. The fourth-order valence-corrected chi connectivity index (χ4v) is 4.47. The molecule has 0 bridgehead atoms. The fraction of sp³-hybridized carbons (Fsp3) is 1.00. The number of nitrogens with one attached hydrogen (secondary N) is 2. The second-order valence-corrected chi connectivity index (χ2v) is 6.55. The van der Waals surface area contributed by atoms with Crippen molar-refractivity contribution < 1.29 is 0 Å². The second kappa shape index (κ2) is 3.69. The van der Waals surface area contributed by atoms with E-state index in [9.17, 15) is 0 Å². The third-order valence-electron chi connectivity index (χ3n) is 3.46. The molecule has 0 aromatic carbocycles. The molecule has 0 aliphatic carbocycles. The van der Waals surface area contributed by atoms with E-state index in [0.29, 0.717) is 10.4 Å². The fourth-order valence-electron chi connectivity index (χ4n) is 2.70. The summed E-state index contributed by atoms with van der Waals surface area (Å²) < 4.78 is 0. The first-order valence-electron chi connectivity index (χ1n) is 5.72. The summed E-state index contributed by atoms with van der Waals surface area (Å²) in [4.78, 5) is 0.378. The SMILES string of the molecule is CCC1CNCCC12NC(C)(C)CS2. The van der Waals surface area contributed by atoms with Gasteiger partial charge in [0.1, 0.15) is 0 Å². The van der Waals surface area contributed by atoms with E-state index in [1.807, 2.05) is 0 Å². The first-order chi connectivity index (χ1) is 6.58. The van der Waals surface area contributed by atoms with Gasteiger partial charge >= 0.3 is 0 Å². The summed E-state index contributed by atoms with van der Waals surface area (Å²) in [5.41, 5.74) is 0.329. The van der Waals surface area contributed by atoms with Crippen LogP contribution in [-0.2, 0) is 0 Å². The maximum Gasteiger partial charge on any atom is 0.0702 e. The average molecular weight is 214 g/mol. The molecule has 0 radical (unpaired) electrons. The molecule has 2 N–H and O–H groups in total. The summed E-state index contributed by atoms with van der Waals surface area (Å²) in [5.74, 6) is 2.05. The monoisotopic (exact) mass is 214 g/mol. The van der Waals surface area contributed by atoms with Gasteiger partial charge in [-0.1, -0.05) is 6.92 Å². The van der Waals surface area contributed by atoms with Crippen LogP contribution in [0.4, 0.5) is 0 Å². The number of rotatable bonds is 1. The molecular formula is C11H22N2S. The predicted octanol–water partition coefficient (Wildman–Crippen LogP) is 1.82. The molecule has 2 heterocycles. The van der Waals surface area contributed by atoms with Gasteiger partial charge in [0.05, 0.1) is 4.87 Å². The smallest absolute Gasteiger partial charge is 0.0702 e. The predicted molar refractivity (Wildman–Crippen MR) is 63.7 cm³/mol. The summed E-state index contributed by atoms with van der Waals surface area (Å²) in [6, 6.07) is 0. The van der Waals surface area contributed by atoms with Crippen LogP contribution in [-0.4, -0.2) is 29.3 Å². The molecular weight excluding hydrogens is 192 g/mol. The molecule has 0 amide bonds. The highest BCUT2D eigenvalue weighted by Gasteiger charge is 2.48. The Balaban J connectivity index is 2.13. The number of thioether (sulfide) groups is 1. The molecule has 2 nitrogen and oxygen atoms in total. The van der Waals surface area contributed by atoms with Crippen molar-refractivity contribution in [3.8, 4) is 0 Å². The molecule has 14 heavy (non-hydrogen) atoms. The van der Waals surface area contributed by atoms with Crippen molar-refractivity contribution in [2.75, 3.05) is 18.8 Å². The Hall–Kier alpha value is 0.270. The molecule has 1 spiro atoms. The van der Waals surface area contributed by atoms with E-state index in [1.54, 1.807) is 0 Å². The number of piperidine rings is 1. The van der Waals surface area contributed by atoms with Crippen molar-refractivity contribution in [2.24, 2.45) is 5.92 Å². The van der Waals surface area contributed by atoms with Crippen LogP contribution in [0.2, 0.25) is 0 Å². The Morgan fingerprint density at radius 3 is 2.79 bits per heavy atom. The first kappa shape index (κ1) is 10.8. The molecule has 2 saturated heterocycles. The molecule has 0 saturated carbocycles. The Labute approximate surface area is 91.6 Å². The zero-order valence-electron chi connectivity index (χ0n) is 9.52. The van der Waals surface area contributed by atoms with E-state index < -0.39 is 0 Å². The highest BCUT2D eigenvalue weighted by atomic mass is 32.2. The maximum absolute atomic E-state index is 3.87. The van der Waals surface area contributed by atoms with E-state index in [2.05, 4.69) is 43.2 Å². The first-order valence-corrected chi connectivity index (χ1v) is 6.70. The molecule has 2 rings (SSSR count). The van der Waals surface area contributed by atoms with Gasteiger partial charge < -0.3 is 5.32 Å². The lowest BCUT2D eigenvalue weighted by atomic mass is 9.88. The van der Waals surface area contributed by atoms with Crippen LogP contribution in [0.1, 0.15) is 33.6 Å². The molecule has 3 heteroatoms. The van der Waals surface area contributed by atoms with E-state index in [0.717, 1.165) is 5.92 Å². The molecule has 2 aliphatic heterocycles. The zero-order chi connectivity index (χ0) is 10.2. The molecule has 2 fully saturated rings.